The molecule has 0 radical (unpaired) electrons. The molecular formula is C11H21NS. The van der Waals surface area contributed by atoms with Crippen LogP contribution in [0, 0.1) is 0 Å². The Bertz CT molecular complexity index is 180. The third-order valence-electron chi connectivity index (χ3n) is 1.61. The lowest BCUT2D eigenvalue weighted by molar-refractivity contribution is 0.401. The van der Waals surface area contributed by atoms with Gasteiger partial charge in [-0.05, 0) is 44.9 Å². The van der Waals surface area contributed by atoms with E-state index in [2.05, 4.69) is 36.5 Å². The first-order chi connectivity index (χ1) is 6.29. The van der Waals surface area contributed by atoms with Crippen LogP contribution in [0.3, 0.4) is 0 Å². The van der Waals surface area contributed by atoms with E-state index in [1.54, 1.807) is 0 Å². The molecule has 1 aromatic rings. The van der Waals surface area contributed by atoms with Crippen molar-refractivity contribution in [2.75, 3.05) is 20.6 Å². The maximum absolute atomic E-state index is 2.23. The zero-order valence-corrected chi connectivity index (χ0v) is 10.0. The first-order valence-electron chi connectivity index (χ1n) is 4.96. The summed E-state index contributed by atoms with van der Waals surface area (Å²) in [5, 5.41) is 2.14. The molecule has 0 aliphatic heterocycles. The van der Waals surface area contributed by atoms with Crippen LogP contribution < -0.4 is 0 Å². The molecule has 0 aliphatic carbocycles. The van der Waals surface area contributed by atoms with Crippen molar-refractivity contribution in [2.45, 2.75) is 26.7 Å². The van der Waals surface area contributed by atoms with Crippen molar-refractivity contribution < 1.29 is 0 Å². The monoisotopic (exact) mass is 199 g/mol. The molecule has 1 nitrogen and oxygen atoms in total. The summed E-state index contributed by atoms with van der Waals surface area (Å²) in [4.78, 5) is 3.74. The summed E-state index contributed by atoms with van der Waals surface area (Å²) >= 11 is 1.86. The molecule has 76 valence electrons. The second-order valence-electron chi connectivity index (χ2n) is 2.99. The lowest BCUT2D eigenvalue weighted by atomic mass is 10.2. The Kier molecular flexibility index (Phi) is 8.05. The molecule has 0 aromatic carbocycles. The van der Waals surface area contributed by atoms with Crippen LogP contribution >= 0.6 is 11.3 Å². The van der Waals surface area contributed by atoms with Gasteiger partial charge in [-0.2, -0.15) is 0 Å². The highest BCUT2D eigenvalue weighted by molar-refractivity contribution is 7.09. The van der Waals surface area contributed by atoms with Crippen LogP contribution in [-0.4, -0.2) is 25.5 Å². The van der Waals surface area contributed by atoms with Crippen molar-refractivity contribution in [3.63, 3.8) is 0 Å². The van der Waals surface area contributed by atoms with Crippen molar-refractivity contribution in [1.82, 2.24) is 4.90 Å². The number of nitrogens with zero attached hydrogens (tertiary/aromatic N) is 1. The fourth-order valence-corrected chi connectivity index (χ4v) is 1.78. The molecule has 1 heterocycles. The van der Waals surface area contributed by atoms with Crippen molar-refractivity contribution in [3.8, 4) is 0 Å². The maximum atomic E-state index is 2.23. The molecule has 2 heteroatoms. The van der Waals surface area contributed by atoms with Gasteiger partial charge < -0.3 is 4.90 Å². The molecular weight excluding hydrogens is 178 g/mol. The van der Waals surface area contributed by atoms with Gasteiger partial charge in [-0.15, -0.1) is 11.3 Å². The van der Waals surface area contributed by atoms with E-state index < -0.39 is 0 Å². The van der Waals surface area contributed by atoms with Gasteiger partial charge in [0.05, 0.1) is 0 Å². The molecule has 0 spiro atoms. The first kappa shape index (κ1) is 12.7. The van der Waals surface area contributed by atoms with E-state index in [9.17, 15) is 0 Å². The Morgan fingerprint density at radius 3 is 2.46 bits per heavy atom. The summed E-state index contributed by atoms with van der Waals surface area (Å²) in [6.07, 6.45) is 2.50. The molecule has 13 heavy (non-hydrogen) atoms. The third kappa shape index (κ3) is 6.79. The van der Waals surface area contributed by atoms with Gasteiger partial charge in [-0.1, -0.05) is 19.9 Å². The highest BCUT2D eigenvalue weighted by Gasteiger charge is 1.94. The molecule has 0 N–H and O–H groups in total. The molecule has 0 bridgehead atoms. The van der Waals surface area contributed by atoms with Crippen LogP contribution in [0.1, 0.15) is 25.1 Å². The number of aryl methyl sites for hydroxylation is 1. The summed E-state index contributed by atoms with van der Waals surface area (Å²) in [5.74, 6) is 0. The minimum atomic E-state index is 1.19. The van der Waals surface area contributed by atoms with Crippen LogP contribution in [0.5, 0.6) is 0 Å². The van der Waals surface area contributed by atoms with Crippen molar-refractivity contribution in [2.24, 2.45) is 0 Å². The molecule has 0 amide bonds. The van der Waals surface area contributed by atoms with Crippen molar-refractivity contribution in [1.29, 1.82) is 0 Å². The van der Waals surface area contributed by atoms with E-state index in [-0.39, 0.29) is 0 Å². The number of thiophene rings is 1. The lowest BCUT2D eigenvalue weighted by Crippen LogP contribution is -2.13. The third-order valence-corrected chi connectivity index (χ3v) is 2.54. The molecule has 0 aliphatic rings. The SMILES string of the molecule is CC.CN(C)CCCc1cccs1. The Morgan fingerprint density at radius 2 is 2.00 bits per heavy atom. The Hall–Kier alpha value is -0.340. The standard InChI is InChI=1S/C9H15NS.C2H6/c1-10(2)7-3-5-9-6-4-8-11-9;1-2/h4,6,8H,3,5,7H2,1-2H3;1-2H3. The molecule has 1 aromatic heterocycles. The molecule has 0 unspecified atom stereocenters. The van der Waals surface area contributed by atoms with Crippen LogP contribution in [-0.2, 0) is 6.42 Å². The molecule has 0 fully saturated rings. The predicted octanol–water partition coefficient (Wildman–Crippen LogP) is 3.27. The largest absolute Gasteiger partial charge is 0.309 e. The zero-order chi connectivity index (χ0) is 10.1. The second kappa shape index (κ2) is 8.27. The van der Waals surface area contributed by atoms with Gasteiger partial charge in [0.25, 0.3) is 0 Å². The summed E-state index contributed by atoms with van der Waals surface area (Å²) in [5.41, 5.74) is 0. The average molecular weight is 199 g/mol. The average Bonchev–Trinajstić information content (AvgIpc) is 2.60. The fraction of sp³-hybridized carbons (Fsp3) is 0.636. The highest BCUT2D eigenvalue weighted by Crippen LogP contribution is 2.10. The lowest BCUT2D eigenvalue weighted by Gasteiger charge is -2.07. The summed E-state index contributed by atoms with van der Waals surface area (Å²) in [7, 11) is 4.24. The van der Waals surface area contributed by atoms with Crippen LogP contribution in [0.25, 0.3) is 0 Å². The van der Waals surface area contributed by atoms with Gasteiger partial charge in [0.2, 0.25) is 0 Å². The van der Waals surface area contributed by atoms with E-state index in [1.165, 1.54) is 24.3 Å². The molecule has 1 rings (SSSR count). The van der Waals surface area contributed by atoms with E-state index in [0.29, 0.717) is 0 Å². The second-order valence-corrected chi connectivity index (χ2v) is 4.02. The normalized spacial score (nSPS) is 9.62. The number of rotatable bonds is 4. The van der Waals surface area contributed by atoms with Gasteiger partial charge >= 0.3 is 0 Å². The Morgan fingerprint density at radius 1 is 1.31 bits per heavy atom. The minimum absolute atomic E-state index is 1.19. The Labute approximate surface area is 86.4 Å². The van der Waals surface area contributed by atoms with Crippen molar-refractivity contribution >= 4 is 11.3 Å². The van der Waals surface area contributed by atoms with E-state index in [0.717, 1.165) is 0 Å². The number of hydrogen-bond acceptors (Lipinski definition) is 2. The minimum Gasteiger partial charge on any atom is -0.309 e. The Balaban J connectivity index is 0.000000671. The topological polar surface area (TPSA) is 3.24 Å². The molecule has 0 saturated carbocycles. The van der Waals surface area contributed by atoms with Gasteiger partial charge in [0, 0.05) is 4.88 Å². The maximum Gasteiger partial charge on any atom is 0.00457 e. The summed E-state index contributed by atoms with van der Waals surface area (Å²) in [6, 6.07) is 4.33. The van der Waals surface area contributed by atoms with Crippen LogP contribution in [0.2, 0.25) is 0 Å². The van der Waals surface area contributed by atoms with Crippen LogP contribution in [0.15, 0.2) is 17.5 Å². The predicted molar refractivity (Wildman–Crippen MR) is 62.5 cm³/mol. The van der Waals surface area contributed by atoms with E-state index >= 15 is 0 Å². The number of hydrogen-bond donors (Lipinski definition) is 0. The van der Waals surface area contributed by atoms with Gasteiger partial charge in [-0.3, -0.25) is 0 Å². The molecule has 0 atom stereocenters. The fourth-order valence-electron chi connectivity index (χ4n) is 1.02. The van der Waals surface area contributed by atoms with Gasteiger partial charge in [0.1, 0.15) is 0 Å². The van der Waals surface area contributed by atoms with Gasteiger partial charge in [0.15, 0.2) is 0 Å². The quantitative estimate of drug-likeness (QED) is 0.719. The highest BCUT2D eigenvalue weighted by atomic mass is 32.1. The van der Waals surface area contributed by atoms with Crippen molar-refractivity contribution in [3.05, 3.63) is 22.4 Å². The van der Waals surface area contributed by atoms with Gasteiger partial charge in [-0.25, -0.2) is 0 Å². The zero-order valence-electron chi connectivity index (χ0n) is 9.21. The summed E-state index contributed by atoms with van der Waals surface area (Å²) in [6.45, 7) is 5.19. The van der Waals surface area contributed by atoms with Crippen LogP contribution in [0.4, 0.5) is 0 Å². The summed E-state index contributed by atoms with van der Waals surface area (Å²) < 4.78 is 0. The van der Waals surface area contributed by atoms with E-state index in [1.807, 2.05) is 25.2 Å². The first-order valence-corrected chi connectivity index (χ1v) is 5.84. The molecule has 0 saturated heterocycles. The van der Waals surface area contributed by atoms with E-state index in [4.69, 9.17) is 0 Å². The smallest absolute Gasteiger partial charge is 0.00457 e.